The minimum Gasteiger partial charge on any atom is -0.497 e. The molecule has 7 heteroatoms. The van der Waals surface area contributed by atoms with Crippen molar-refractivity contribution >= 4 is 12.0 Å². The topological polar surface area (TPSA) is 87.6 Å². The summed E-state index contributed by atoms with van der Waals surface area (Å²) in [4.78, 5) is 11.8. The van der Waals surface area contributed by atoms with Crippen LogP contribution in [0.1, 0.15) is 23.0 Å². The number of hydrogen-bond donors (Lipinski definition) is 0. The molecule has 26 heavy (non-hydrogen) atoms. The molecule has 7 nitrogen and oxygen atoms in total. The molecule has 0 fully saturated rings. The third kappa shape index (κ3) is 4.18. The number of aryl methyl sites for hydroxylation is 2. The zero-order chi connectivity index (χ0) is 18.5. The molecule has 0 atom stereocenters. The van der Waals surface area contributed by atoms with Crippen molar-refractivity contribution < 1.29 is 23.1 Å². The second kappa shape index (κ2) is 7.69. The van der Waals surface area contributed by atoms with Crippen LogP contribution in [0.5, 0.6) is 5.75 Å². The molecule has 0 saturated heterocycles. The summed E-state index contributed by atoms with van der Waals surface area (Å²) in [5.74, 6) is 2.24. The quantitative estimate of drug-likeness (QED) is 0.492. The van der Waals surface area contributed by atoms with Gasteiger partial charge in [-0.25, -0.2) is 4.79 Å². The highest BCUT2D eigenvalue weighted by molar-refractivity contribution is 5.87. The lowest BCUT2D eigenvalue weighted by atomic mass is 10.2. The van der Waals surface area contributed by atoms with Crippen molar-refractivity contribution in [3.8, 4) is 17.2 Å². The summed E-state index contributed by atoms with van der Waals surface area (Å²) in [6.07, 6.45) is 2.99. The van der Waals surface area contributed by atoms with E-state index in [9.17, 15) is 4.79 Å². The van der Waals surface area contributed by atoms with E-state index in [-0.39, 0.29) is 12.5 Å². The molecule has 134 valence electrons. The smallest absolute Gasteiger partial charge is 0.331 e. The number of methoxy groups -OCH3 is 1. The Kier molecular flexibility index (Phi) is 5.17. The first-order valence-corrected chi connectivity index (χ1v) is 7.94. The average molecular weight is 354 g/mol. The molecule has 0 spiro atoms. The molecule has 0 radical (unpaired) electrons. The van der Waals surface area contributed by atoms with Crippen LogP contribution >= 0.6 is 0 Å². The number of ether oxygens (including phenoxy) is 2. The predicted molar refractivity (Wildman–Crippen MR) is 93.3 cm³/mol. The summed E-state index contributed by atoms with van der Waals surface area (Å²) >= 11 is 0. The van der Waals surface area contributed by atoms with Crippen molar-refractivity contribution in [1.82, 2.24) is 10.2 Å². The van der Waals surface area contributed by atoms with Gasteiger partial charge in [0.05, 0.1) is 12.7 Å². The van der Waals surface area contributed by atoms with Gasteiger partial charge in [0.15, 0.2) is 6.61 Å². The summed E-state index contributed by atoms with van der Waals surface area (Å²) in [6, 6.07) is 9.11. The molecule has 3 aromatic rings. The van der Waals surface area contributed by atoms with E-state index in [1.54, 1.807) is 13.2 Å². The van der Waals surface area contributed by atoms with E-state index in [0.717, 1.165) is 22.6 Å². The van der Waals surface area contributed by atoms with E-state index < -0.39 is 5.97 Å². The van der Waals surface area contributed by atoms with Gasteiger partial charge < -0.3 is 18.3 Å². The highest BCUT2D eigenvalue weighted by Crippen LogP contribution is 2.25. The molecule has 0 aliphatic heterocycles. The van der Waals surface area contributed by atoms with Crippen LogP contribution < -0.4 is 4.74 Å². The van der Waals surface area contributed by atoms with Gasteiger partial charge in [-0.2, -0.15) is 0 Å². The lowest BCUT2D eigenvalue weighted by Crippen LogP contribution is -2.00. The van der Waals surface area contributed by atoms with Gasteiger partial charge in [0, 0.05) is 6.08 Å². The number of furan rings is 1. The first-order valence-electron chi connectivity index (χ1n) is 7.94. The van der Waals surface area contributed by atoms with Gasteiger partial charge in [-0.05, 0) is 43.7 Å². The van der Waals surface area contributed by atoms with Gasteiger partial charge in [-0.1, -0.05) is 12.1 Å². The fourth-order valence-corrected chi connectivity index (χ4v) is 2.32. The third-order valence-corrected chi connectivity index (χ3v) is 3.60. The highest BCUT2D eigenvalue weighted by atomic mass is 16.5. The SMILES string of the molecule is COc1ccc(/C=C/C(=O)OCc2nnc(-c3cc(C)oc3C)o2)cc1. The van der Waals surface area contributed by atoms with Crippen LogP contribution in [0.15, 0.2) is 45.2 Å². The maximum atomic E-state index is 11.8. The van der Waals surface area contributed by atoms with Gasteiger partial charge in [-0.15, -0.1) is 10.2 Å². The molecule has 2 aromatic heterocycles. The highest BCUT2D eigenvalue weighted by Gasteiger charge is 2.15. The summed E-state index contributed by atoms with van der Waals surface area (Å²) in [6.45, 7) is 3.55. The summed E-state index contributed by atoms with van der Waals surface area (Å²) in [5, 5.41) is 7.83. The van der Waals surface area contributed by atoms with E-state index >= 15 is 0 Å². The fraction of sp³-hybridized carbons (Fsp3) is 0.211. The van der Waals surface area contributed by atoms with Crippen LogP contribution in [-0.2, 0) is 16.1 Å². The average Bonchev–Trinajstić information content (AvgIpc) is 3.24. The van der Waals surface area contributed by atoms with E-state index in [4.69, 9.17) is 18.3 Å². The number of carbonyl (C=O) groups excluding carboxylic acids is 1. The summed E-state index contributed by atoms with van der Waals surface area (Å²) in [5.41, 5.74) is 1.58. The van der Waals surface area contributed by atoms with Gasteiger partial charge in [-0.3, -0.25) is 0 Å². The Balaban J connectivity index is 1.56. The molecular formula is C19H18N2O5. The van der Waals surface area contributed by atoms with Crippen LogP contribution in [0.4, 0.5) is 0 Å². The Labute approximate surface area is 150 Å². The number of hydrogen-bond acceptors (Lipinski definition) is 7. The maximum absolute atomic E-state index is 11.8. The second-order valence-corrected chi connectivity index (χ2v) is 5.54. The maximum Gasteiger partial charge on any atom is 0.331 e. The lowest BCUT2D eigenvalue weighted by Gasteiger charge is -1.99. The van der Waals surface area contributed by atoms with Crippen LogP contribution in [-0.4, -0.2) is 23.3 Å². The number of aromatic nitrogens is 2. The summed E-state index contributed by atoms with van der Waals surface area (Å²) < 4.78 is 21.1. The summed E-state index contributed by atoms with van der Waals surface area (Å²) in [7, 11) is 1.60. The molecular weight excluding hydrogens is 336 g/mol. The minimum absolute atomic E-state index is 0.103. The van der Waals surface area contributed by atoms with Gasteiger partial charge in [0.2, 0.25) is 0 Å². The monoisotopic (exact) mass is 354 g/mol. The van der Waals surface area contributed by atoms with Crippen molar-refractivity contribution in [3.05, 3.63) is 59.4 Å². The molecule has 0 saturated carbocycles. The molecule has 0 amide bonds. The molecule has 0 aliphatic rings. The van der Waals surface area contributed by atoms with Gasteiger partial charge in [0.25, 0.3) is 11.8 Å². The second-order valence-electron chi connectivity index (χ2n) is 5.54. The lowest BCUT2D eigenvalue weighted by molar-refractivity contribution is -0.139. The van der Waals surface area contributed by atoms with E-state index in [0.29, 0.717) is 11.7 Å². The van der Waals surface area contributed by atoms with Crippen molar-refractivity contribution in [2.75, 3.05) is 7.11 Å². The fourth-order valence-electron chi connectivity index (χ4n) is 2.32. The van der Waals surface area contributed by atoms with Gasteiger partial charge >= 0.3 is 5.97 Å². The van der Waals surface area contributed by atoms with Crippen LogP contribution in [0.25, 0.3) is 17.5 Å². The Hall–Kier alpha value is -3.35. The normalized spacial score (nSPS) is 11.0. The zero-order valence-corrected chi connectivity index (χ0v) is 14.7. The van der Waals surface area contributed by atoms with Crippen molar-refractivity contribution in [2.24, 2.45) is 0 Å². The standard InChI is InChI=1S/C19H18N2O5/c1-12-10-16(13(2)25-12)19-21-20-17(26-19)11-24-18(22)9-6-14-4-7-15(23-3)8-5-14/h4-10H,11H2,1-3H3/b9-6+. The molecule has 3 rings (SSSR count). The third-order valence-electron chi connectivity index (χ3n) is 3.60. The number of benzene rings is 1. The van der Waals surface area contributed by atoms with Crippen LogP contribution in [0.3, 0.4) is 0 Å². The first-order chi connectivity index (χ1) is 12.5. The van der Waals surface area contributed by atoms with E-state index in [1.165, 1.54) is 6.08 Å². The van der Waals surface area contributed by atoms with Gasteiger partial charge in [0.1, 0.15) is 17.3 Å². The van der Waals surface area contributed by atoms with Crippen molar-refractivity contribution in [1.29, 1.82) is 0 Å². The molecule has 2 heterocycles. The Morgan fingerprint density at radius 2 is 1.92 bits per heavy atom. The number of esters is 1. The van der Waals surface area contributed by atoms with Crippen molar-refractivity contribution in [3.63, 3.8) is 0 Å². The minimum atomic E-state index is -0.504. The van der Waals surface area contributed by atoms with Crippen LogP contribution in [0, 0.1) is 13.8 Å². The Bertz CT molecular complexity index is 922. The number of carbonyl (C=O) groups is 1. The Morgan fingerprint density at radius 3 is 2.58 bits per heavy atom. The first kappa shape index (κ1) is 17.5. The predicted octanol–water partition coefficient (Wildman–Crippen LogP) is 3.71. The molecule has 1 aromatic carbocycles. The molecule has 0 aliphatic carbocycles. The van der Waals surface area contributed by atoms with Crippen molar-refractivity contribution in [2.45, 2.75) is 20.5 Å². The number of rotatable bonds is 6. The van der Waals surface area contributed by atoms with Crippen LogP contribution in [0.2, 0.25) is 0 Å². The largest absolute Gasteiger partial charge is 0.497 e. The number of nitrogens with zero attached hydrogens (tertiary/aromatic N) is 2. The molecule has 0 bridgehead atoms. The van der Waals surface area contributed by atoms with E-state index in [2.05, 4.69) is 10.2 Å². The molecule has 0 unspecified atom stereocenters. The Morgan fingerprint density at radius 1 is 1.15 bits per heavy atom. The molecule has 0 N–H and O–H groups in total. The zero-order valence-electron chi connectivity index (χ0n) is 14.7. The van der Waals surface area contributed by atoms with E-state index in [1.807, 2.05) is 44.2 Å².